The highest BCUT2D eigenvalue weighted by Crippen LogP contribution is 2.36. The number of aromatic amines is 1. The minimum Gasteiger partial charge on any atom is -0.489 e. The Hall–Kier alpha value is -3.63. The van der Waals surface area contributed by atoms with Gasteiger partial charge in [0, 0.05) is 14.8 Å². The number of imidazole rings is 1. The molecule has 3 N–H and O–H groups in total. The zero-order chi connectivity index (χ0) is 28.4. The van der Waals surface area contributed by atoms with Crippen LogP contribution in [0.1, 0.15) is 52.0 Å². The van der Waals surface area contributed by atoms with Crippen molar-refractivity contribution in [3.63, 3.8) is 0 Å². The van der Waals surface area contributed by atoms with E-state index < -0.39 is 9.52 Å². The molecule has 0 radical (unpaired) electrons. The van der Waals surface area contributed by atoms with Crippen molar-refractivity contribution in [3.8, 4) is 5.75 Å². The SMILES string of the molecule is C=S(=O)(c1ccccc1Nc1nc(Nc2ccc(C3CCN(C)CC3)cc2OC(C)C)nc2[nH]cnc12)C(C)C. The van der Waals surface area contributed by atoms with E-state index in [0.29, 0.717) is 39.4 Å². The molecule has 2 aromatic carbocycles. The van der Waals surface area contributed by atoms with Crippen molar-refractivity contribution >= 4 is 49.7 Å². The van der Waals surface area contributed by atoms with Crippen LogP contribution in [0, 0.1) is 0 Å². The molecule has 0 spiro atoms. The van der Waals surface area contributed by atoms with Crippen molar-refractivity contribution in [2.75, 3.05) is 30.8 Å². The van der Waals surface area contributed by atoms with E-state index in [-0.39, 0.29) is 11.4 Å². The van der Waals surface area contributed by atoms with E-state index in [1.165, 1.54) is 5.56 Å². The van der Waals surface area contributed by atoms with Gasteiger partial charge in [-0.25, -0.2) is 4.98 Å². The normalized spacial score (nSPS) is 16.4. The summed E-state index contributed by atoms with van der Waals surface area (Å²) < 4.78 is 19.7. The van der Waals surface area contributed by atoms with Gasteiger partial charge in [0.2, 0.25) is 5.95 Å². The lowest BCUT2D eigenvalue weighted by atomic mass is 9.89. The number of nitrogens with zero attached hydrogens (tertiary/aromatic N) is 4. The molecule has 9 nitrogen and oxygen atoms in total. The van der Waals surface area contributed by atoms with E-state index in [0.717, 1.165) is 37.4 Å². The van der Waals surface area contributed by atoms with Crippen molar-refractivity contribution < 1.29 is 8.95 Å². The van der Waals surface area contributed by atoms with Gasteiger partial charge in [0.1, 0.15) is 5.75 Å². The van der Waals surface area contributed by atoms with E-state index in [1.807, 2.05) is 52.0 Å². The number of hydrogen-bond acceptors (Lipinski definition) is 8. The first-order valence-corrected chi connectivity index (χ1v) is 15.6. The van der Waals surface area contributed by atoms with Crippen LogP contribution < -0.4 is 15.4 Å². The molecule has 40 heavy (non-hydrogen) atoms. The summed E-state index contributed by atoms with van der Waals surface area (Å²) in [6.45, 7) is 10.1. The number of benzene rings is 2. The number of para-hydroxylation sites is 1. The molecule has 4 aromatic rings. The third kappa shape index (κ3) is 5.93. The number of hydrogen-bond donors (Lipinski definition) is 3. The standard InChI is InChI=1S/C30H39N7O2S/c1-19(2)39-25-17-22(21-13-15-37(5)16-14-21)11-12-23(25)34-30-35-28-27(31-18-32-28)29(36-30)33-24-9-7-8-10-26(24)40(6,38)20(3)4/h7-12,17-21H,6,13-16H2,1-5H3,(H3,31,32,33,34,35,36). The summed E-state index contributed by atoms with van der Waals surface area (Å²) in [5.41, 5.74) is 3.91. The number of piperidine rings is 1. The summed E-state index contributed by atoms with van der Waals surface area (Å²) in [4.78, 5) is 20.0. The molecule has 1 saturated heterocycles. The molecule has 10 heteroatoms. The maximum Gasteiger partial charge on any atom is 0.231 e. The van der Waals surface area contributed by atoms with Crippen molar-refractivity contribution in [1.82, 2.24) is 24.8 Å². The van der Waals surface area contributed by atoms with E-state index in [1.54, 1.807) is 6.33 Å². The molecule has 0 bridgehead atoms. The zero-order valence-corrected chi connectivity index (χ0v) is 24.7. The van der Waals surface area contributed by atoms with Gasteiger partial charge < -0.3 is 25.3 Å². The first kappa shape index (κ1) is 27.9. The Balaban J connectivity index is 1.49. The number of nitrogens with one attached hydrogen (secondary N) is 3. The van der Waals surface area contributed by atoms with Crippen LogP contribution in [0.15, 0.2) is 53.7 Å². The van der Waals surface area contributed by atoms with Gasteiger partial charge in [0.15, 0.2) is 17.0 Å². The smallest absolute Gasteiger partial charge is 0.231 e. The molecule has 212 valence electrons. The number of H-pyrrole nitrogens is 1. The minimum absolute atomic E-state index is 0.0106. The van der Waals surface area contributed by atoms with Gasteiger partial charge in [0.25, 0.3) is 0 Å². The van der Waals surface area contributed by atoms with Crippen LogP contribution in [0.2, 0.25) is 0 Å². The highest BCUT2D eigenvalue weighted by Gasteiger charge is 2.22. The Labute approximate surface area is 236 Å². The van der Waals surface area contributed by atoms with Gasteiger partial charge in [0.05, 0.1) is 28.7 Å². The van der Waals surface area contributed by atoms with Gasteiger partial charge in [-0.2, -0.15) is 9.97 Å². The van der Waals surface area contributed by atoms with Crippen LogP contribution >= 0.6 is 0 Å². The van der Waals surface area contributed by atoms with Gasteiger partial charge >= 0.3 is 0 Å². The van der Waals surface area contributed by atoms with Gasteiger partial charge in [-0.05, 0) is 88.4 Å². The lowest BCUT2D eigenvalue weighted by Crippen LogP contribution is -2.29. The maximum atomic E-state index is 13.5. The fraction of sp³-hybridized carbons (Fsp3) is 0.400. The van der Waals surface area contributed by atoms with Gasteiger partial charge in [-0.3, -0.25) is 4.21 Å². The Morgan fingerprint density at radius 3 is 2.52 bits per heavy atom. The highest BCUT2D eigenvalue weighted by molar-refractivity contribution is 8.01. The van der Waals surface area contributed by atoms with Crippen molar-refractivity contribution in [2.24, 2.45) is 0 Å². The fourth-order valence-corrected chi connectivity index (χ4v) is 6.25. The van der Waals surface area contributed by atoms with Crippen LogP contribution in [0.4, 0.5) is 23.1 Å². The topological polar surface area (TPSA) is 108 Å². The highest BCUT2D eigenvalue weighted by atomic mass is 32.2. The van der Waals surface area contributed by atoms with Crippen molar-refractivity contribution in [3.05, 3.63) is 54.4 Å². The predicted molar refractivity (Wildman–Crippen MR) is 165 cm³/mol. The van der Waals surface area contributed by atoms with Crippen LogP contribution in [0.5, 0.6) is 5.75 Å². The van der Waals surface area contributed by atoms with Gasteiger partial charge in [-0.1, -0.05) is 32.0 Å². The van der Waals surface area contributed by atoms with Crippen LogP contribution in [-0.4, -0.2) is 66.4 Å². The Morgan fingerprint density at radius 2 is 1.80 bits per heavy atom. The quantitative estimate of drug-likeness (QED) is 0.216. The van der Waals surface area contributed by atoms with Crippen LogP contribution in [0.25, 0.3) is 11.2 Å². The number of likely N-dealkylation sites (tertiary alicyclic amines) is 1. The summed E-state index contributed by atoms with van der Waals surface area (Å²) in [6, 6.07) is 13.9. The molecule has 1 unspecified atom stereocenters. The molecular weight excluding hydrogens is 522 g/mol. The first-order valence-electron chi connectivity index (χ1n) is 13.8. The molecule has 1 fully saturated rings. The van der Waals surface area contributed by atoms with E-state index in [4.69, 9.17) is 9.72 Å². The second kappa shape index (κ2) is 11.5. The number of rotatable bonds is 9. The molecule has 0 aliphatic carbocycles. The zero-order valence-electron chi connectivity index (χ0n) is 23.9. The molecule has 0 saturated carbocycles. The predicted octanol–water partition coefficient (Wildman–Crippen LogP) is 5.92. The number of aromatic nitrogens is 4. The summed E-state index contributed by atoms with van der Waals surface area (Å²) >= 11 is 0. The van der Waals surface area contributed by atoms with Crippen molar-refractivity contribution in [1.29, 1.82) is 0 Å². The molecule has 5 rings (SSSR count). The molecule has 3 heterocycles. The summed E-state index contributed by atoms with van der Waals surface area (Å²) in [7, 11) is -0.352. The van der Waals surface area contributed by atoms with Crippen LogP contribution in [-0.2, 0) is 9.52 Å². The monoisotopic (exact) mass is 561 g/mol. The molecule has 0 amide bonds. The van der Waals surface area contributed by atoms with Crippen molar-refractivity contribution in [2.45, 2.75) is 62.7 Å². The lowest BCUT2D eigenvalue weighted by molar-refractivity contribution is 0.241. The van der Waals surface area contributed by atoms with E-state index >= 15 is 0 Å². The minimum atomic E-state index is -2.53. The number of ether oxygens (including phenoxy) is 1. The number of fused-ring (bicyclic) bond motifs is 1. The summed E-state index contributed by atoms with van der Waals surface area (Å²) in [5, 5.41) is 6.61. The second-order valence-electron chi connectivity index (χ2n) is 11.0. The first-order chi connectivity index (χ1) is 19.1. The lowest BCUT2D eigenvalue weighted by Gasteiger charge is -2.29. The third-order valence-electron chi connectivity index (χ3n) is 7.36. The largest absolute Gasteiger partial charge is 0.489 e. The second-order valence-corrected chi connectivity index (χ2v) is 13.9. The third-order valence-corrected chi connectivity index (χ3v) is 9.98. The molecule has 1 aliphatic heterocycles. The average Bonchev–Trinajstić information content (AvgIpc) is 3.39. The Bertz CT molecular complexity index is 1590. The summed E-state index contributed by atoms with van der Waals surface area (Å²) in [6.07, 6.45) is 3.87. The Morgan fingerprint density at radius 1 is 1.05 bits per heavy atom. The maximum absolute atomic E-state index is 13.5. The van der Waals surface area contributed by atoms with E-state index in [2.05, 4.69) is 61.6 Å². The molecule has 1 aliphatic rings. The van der Waals surface area contributed by atoms with E-state index in [9.17, 15) is 4.21 Å². The average molecular weight is 562 g/mol. The Kier molecular flexibility index (Phi) is 8.00. The van der Waals surface area contributed by atoms with Crippen LogP contribution in [0.3, 0.4) is 0 Å². The van der Waals surface area contributed by atoms with Gasteiger partial charge in [-0.15, -0.1) is 0 Å². The summed E-state index contributed by atoms with van der Waals surface area (Å²) in [5.74, 6) is 6.22. The number of anilines is 4. The molecular formula is C30H39N7O2S. The molecule has 1 atom stereocenters. The fourth-order valence-electron chi connectivity index (χ4n) is 4.94. The molecule has 2 aromatic heterocycles.